The van der Waals surface area contributed by atoms with Gasteiger partial charge in [0.2, 0.25) is 0 Å². The number of pyridine rings is 1. The van der Waals surface area contributed by atoms with Crippen LogP contribution in [-0.2, 0) is 13.1 Å². The van der Waals surface area contributed by atoms with Crippen LogP contribution in [0.2, 0.25) is 0 Å². The Morgan fingerprint density at radius 1 is 1.12 bits per heavy atom. The van der Waals surface area contributed by atoms with Crippen molar-refractivity contribution in [1.29, 1.82) is 0 Å². The van der Waals surface area contributed by atoms with E-state index >= 15 is 0 Å². The van der Waals surface area contributed by atoms with E-state index in [1.165, 1.54) is 6.33 Å². The van der Waals surface area contributed by atoms with Crippen molar-refractivity contribution in [3.8, 4) is 11.4 Å². The summed E-state index contributed by atoms with van der Waals surface area (Å²) < 4.78 is 0. The van der Waals surface area contributed by atoms with Crippen molar-refractivity contribution in [1.82, 2.24) is 30.8 Å². The molecule has 0 radical (unpaired) electrons. The highest BCUT2D eigenvalue weighted by molar-refractivity contribution is 5.79. The normalized spacial score (nSPS) is 11.3. The molecular weight excluding hydrogens is 314 g/mol. The Bertz CT molecular complexity index is 797. The van der Waals surface area contributed by atoms with Gasteiger partial charge in [-0.1, -0.05) is 24.3 Å². The summed E-state index contributed by atoms with van der Waals surface area (Å²) in [4.78, 5) is 13.1. The Balaban J connectivity index is 1.66. The van der Waals surface area contributed by atoms with Gasteiger partial charge in [-0.15, -0.1) is 0 Å². The third-order valence-electron chi connectivity index (χ3n) is 3.54. The second kappa shape index (κ2) is 8.58. The van der Waals surface area contributed by atoms with E-state index in [2.05, 4.69) is 41.9 Å². The number of nitrogens with one attached hydrogen (secondary N) is 3. The van der Waals surface area contributed by atoms with E-state index in [0.717, 1.165) is 35.1 Å². The van der Waals surface area contributed by atoms with Gasteiger partial charge in [0.25, 0.3) is 0 Å². The molecule has 0 fully saturated rings. The lowest BCUT2D eigenvalue weighted by Gasteiger charge is -2.11. The summed E-state index contributed by atoms with van der Waals surface area (Å²) in [7, 11) is 0. The van der Waals surface area contributed by atoms with Gasteiger partial charge in [-0.2, -0.15) is 5.10 Å². The van der Waals surface area contributed by atoms with Crippen molar-refractivity contribution in [3.63, 3.8) is 0 Å². The average molecular weight is 335 g/mol. The first-order valence-corrected chi connectivity index (χ1v) is 8.22. The van der Waals surface area contributed by atoms with E-state index in [1.807, 2.05) is 43.3 Å². The summed E-state index contributed by atoms with van der Waals surface area (Å²) >= 11 is 0. The SMILES string of the molecule is CCNC(=NCc1cccc(-c2ncn[nH]2)c1)NCc1ccccn1. The number of aromatic nitrogens is 4. The molecule has 0 bridgehead atoms. The van der Waals surface area contributed by atoms with Crippen molar-refractivity contribution in [3.05, 3.63) is 66.2 Å². The highest BCUT2D eigenvalue weighted by Crippen LogP contribution is 2.15. The fourth-order valence-corrected chi connectivity index (χ4v) is 2.35. The molecule has 0 unspecified atom stereocenters. The lowest BCUT2D eigenvalue weighted by molar-refractivity contribution is 0.799. The maximum Gasteiger partial charge on any atom is 0.191 e. The van der Waals surface area contributed by atoms with E-state index in [9.17, 15) is 0 Å². The van der Waals surface area contributed by atoms with Gasteiger partial charge in [-0.25, -0.2) is 9.98 Å². The molecule has 2 heterocycles. The van der Waals surface area contributed by atoms with Gasteiger partial charge < -0.3 is 10.6 Å². The molecule has 0 saturated heterocycles. The van der Waals surface area contributed by atoms with E-state index in [1.54, 1.807) is 6.20 Å². The summed E-state index contributed by atoms with van der Waals surface area (Å²) in [6.07, 6.45) is 3.29. The Kier molecular flexibility index (Phi) is 5.71. The van der Waals surface area contributed by atoms with Crippen molar-refractivity contribution >= 4 is 5.96 Å². The number of hydrogen-bond acceptors (Lipinski definition) is 4. The molecule has 3 aromatic rings. The third-order valence-corrected chi connectivity index (χ3v) is 3.54. The average Bonchev–Trinajstić information content (AvgIpc) is 3.20. The molecule has 0 spiro atoms. The Morgan fingerprint density at radius 3 is 2.84 bits per heavy atom. The highest BCUT2D eigenvalue weighted by Gasteiger charge is 2.03. The number of aromatic amines is 1. The number of H-pyrrole nitrogens is 1. The Hall–Kier alpha value is -3.22. The molecule has 0 aliphatic rings. The lowest BCUT2D eigenvalue weighted by atomic mass is 10.1. The predicted molar refractivity (Wildman–Crippen MR) is 97.7 cm³/mol. The fourth-order valence-electron chi connectivity index (χ4n) is 2.35. The van der Waals surface area contributed by atoms with Gasteiger partial charge >= 0.3 is 0 Å². The number of benzene rings is 1. The largest absolute Gasteiger partial charge is 0.357 e. The lowest BCUT2D eigenvalue weighted by Crippen LogP contribution is -2.37. The maximum atomic E-state index is 4.64. The van der Waals surface area contributed by atoms with Crippen LogP contribution in [0.5, 0.6) is 0 Å². The first-order valence-electron chi connectivity index (χ1n) is 8.22. The van der Waals surface area contributed by atoms with E-state index in [4.69, 9.17) is 0 Å². The molecule has 25 heavy (non-hydrogen) atoms. The van der Waals surface area contributed by atoms with Crippen LogP contribution in [0.15, 0.2) is 60.0 Å². The molecule has 7 heteroatoms. The summed E-state index contributed by atoms with van der Waals surface area (Å²) in [6, 6.07) is 14.0. The molecule has 3 rings (SSSR count). The van der Waals surface area contributed by atoms with Gasteiger partial charge in [-0.05, 0) is 30.7 Å². The van der Waals surface area contributed by atoms with Crippen LogP contribution in [0.4, 0.5) is 0 Å². The number of aliphatic imine (C=N–C) groups is 1. The number of hydrogen-bond donors (Lipinski definition) is 3. The van der Waals surface area contributed by atoms with E-state index in [0.29, 0.717) is 13.1 Å². The van der Waals surface area contributed by atoms with Crippen LogP contribution in [0.3, 0.4) is 0 Å². The predicted octanol–water partition coefficient (Wildman–Crippen LogP) is 2.12. The molecule has 0 aliphatic heterocycles. The monoisotopic (exact) mass is 335 g/mol. The first kappa shape index (κ1) is 16.6. The zero-order valence-electron chi connectivity index (χ0n) is 14.1. The second-order valence-corrected chi connectivity index (χ2v) is 5.40. The van der Waals surface area contributed by atoms with Gasteiger partial charge in [-0.3, -0.25) is 10.1 Å². The smallest absolute Gasteiger partial charge is 0.191 e. The molecule has 0 amide bonds. The summed E-state index contributed by atoms with van der Waals surface area (Å²) in [5.41, 5.74) is 3.07. The molecule has 1 aromatic carbocycles. The summed E-state index contributed by atoms with van der Waals surface area (Å²) in [5.74, 6) is 1.52. The van der Waals surface area contributed by atoms with E-state index in [-0.39, 0.29) is 0 Å². The van der Waals surface area contributed by atoms with Crippen LogP contribution in [0, 0.1) is 0 Å². The van der Waals surface area contributed by atoms with Crippen molar-refractivity contribution < 1.29 is 0 Å². The minimum Gasteiger partial charge on any atom is -0.357 e. The molecule has 0 atom stereocenters. The van der Waals surface area contributed by atoms with Gasteiger partial charge in [0.15, 0.2) is 11.8 Å². The minimum atomic E-state index is 0.569. The number of rotatable bonds is 6. The van der Waals surface area contributed by atoms with Gasteiger partial charge in [0, 0.05) is 18.3 Å². The van der Waals surface area contributed by atoms with Crippen LogP contribution in [0.25, 0.3) is 11.4 Å². The molecule has 128 valence electrons. The fraction of sp³-hybridized carbons (Fsp3) is 0.222. The zero-order valence-corrected chi connectivity index (χ0v) is 14.1. The zero-order chi connectivity index (χ0) is 17.3. The van der Waals surface area contributed by atoms with Crippen molar-refractivity contribution in [2.45, 2.75) is 20.0 Å². The van der Waals surface area contributed by atoms with Crippen molar-refractivity contribution in [2.24, 2.45) is 4.99 Å². The quantitative estimate of drug-likeness (QED) is 0.474. The topological polar surface area (TPSA) is 90.9 Å². The Morgan fingerprint density at radius 2 is 2.08 bits per heavy atom. The molecule has 7 nitrogen and oxygen atoms in total. The molecule has 0 saturated carbocycles. The second-order valence-electron chi connectivity index (χ2n) is 5.40. The Labute approximate surface area is 146 Å². The number of guanidine groups is 1. The van der Waals surface area contributed by atoms with Crippen LogP contribution in [0.1, 0.15) is 18.2 Å². The maximum absolute atomic E-state index is 4.64. The third kappa shape index (κ3) is 4.87. The molecule has 3 N–H and O–H groups in total. The van der Waals surface area contributed by atoms with Crippen LogP contribution < -0.4 is 10.6 Å². The molecule has 2 aromatic heterocycles. The minimum absolute atomic E-state index is 0.569. The molecular formula is C18H21N7. The van der Waals surface area contributed by atoms with Crippen LogP contribution in [-0.4, -0.2) is 32.7 Å². The number of nitrogens with zero attached hydrogens (tertiary/aromatic N) is 4. The standard InChI is InChI=1S/C18H21N7/c1-2-19-18(22-12-16-8-3-4-9-20-16)21-11-14-6-5-7-15(10-14)17-23-13-24-25-17/h3-10,13H,2,11-12H2,1H3,(H2,19,21,22)(H,23,24,25). The molecule has 0 aliphatic carbocycles. The first-order chi connectivity index (χ1) is 12.3. The van der Waals surface area contributed by atoms with Gasteiger partial charge in [0.1, 0.15) is 6.33 Å². The van der Waals surface area contributed by atoms with E-state index < -0.39 is 0 Å². The van der Waals surface area contributed by atoms with Gasteiger partial charge in [0.05, 0.1) is 18.8 Å². The summed E-state index contributed by atoms with van der Waals surface area (Å²) in [6.45, 7) is 4.04. The summed E-state index contributed by atoms with van der Waals surface area (Å²) in [5, 5.41) is 13.3. The highest BCUT2D eigenvalue weighted by atomic mass is 15.2. The van der Waals surface area contributed by atoms with Crippen molar-refractivity contribution in [2.75, 3.05) is 6.54 Å². The van der Waals surface area contributed by atoms with Crippen LogP contribution >= 0.6 is 0 Å².